The Morgan fingerprint density at radius 2 is 2.15 bits per heavy atom. The van der Waals surface area contributed by atoms with Crippen LogP contribution in [0.4, 0.5) is 0 Å². The molecule has 0 aromatic rings. The van der Waals surface area contributed by atoms with Crippen LogP contribution in [0.2, 0.25) is 0 Å². The first-order valence-electron chi connectivity index (χ1n) is 3.96. The molecule has 0 aliphatic carbocycles. The SMILES string of the molecule is CC(C)C(NCC(Cl)=CCl)C(N)=O. The zero-order chi connectivity index (χ0) is 10.4. The van der Waals surface area contributed by atoms with Gasteiger partial charge in [0.05, 0.1) is 6.04 Å². The van der Waals surface area contributed by atoms with E-state index in [0.29, 0.717) is 11.6 Å². The molecule has 0 aromatic carbocycles. The minimum atomic E-state index is -0.381. The molecule has 13 heavy (non-hydrogen) atoms. The molecular formula is C8H14Cl2N2O. The first-order valence-corrected chi connectivity index (χ1v) is 4.78. The highest BCUT2D eigenvalue weighted by Crippen LogP contribution is 2.05. The van der Waals surface area contributed by atoms with Gasteiger partial charge in [0.2, 0.25) is 5.91 Å². The Kier molecular flexibility index (Phi) is 6.12. The molecule has 0 rings (SSSR count). The predicted octanol–water partition coefficient (Wildman–Crippen LogP) is 1.40. The molecule has 0 heterocycles. The second-order valence-corrected chi connectivity index (χ2v) is 3.76. The molecular weight excluding hydrogens is 211 g/mol. The quantitative estimate of drug-likeness (QED) is 0.743. The van der Waals surface area contributed by atoms with Gasteiger partial charge in [0.25, 0.3) is 0 Å². The summed E-state index contributed by atoms with van der Waals surface area (Å²) in [6, 6.07) is -0.370. The van der Waals surface area contributed by atoms with Gasteiger partial charge in [0, 0.05) is 17.1 Å². The van der Waals surface area contributed by atoms with Crippen molar-refractivity contribution >= 4 is 29.1 Å². The molecule has 1 atom stereocenters. The number of carbonyl (C=O) groups is 1. The van der Waals surface area contributed by atoms with Crippen LogP contribution in [0.1, 0.15) is 13.8 Å². The maximum absolute atomic E-state index is 10.9. The third-order valence-electron chi connectivity index (χ3n) is 1.58. The monoisotopic (exact) mass is 224 g/mol. The number of nitrogens with one attached hydrogen (secondary N) is 1. The zero-order valence-corrected chi connectivity index (χ0v) is 9.19. The van der Waals surface area contributed by atoms with Crippen LogP contribution >= 0.6 is 23.2 Å². The van der Waals surface area contributed by atoms with E-state index in [-0.39, 0.29) is 17.9 Å². The van der Waals surface area contributed by atoms with Gasteiger partial charge in [-0.25, -0.2) is 0 Å². The van der Waals surface area contributed by atoms with E-state index in [2.05, 4.69) is 5.32 Å². The van der Waals surface area contributed by atoms with Crippen molar-refractivity contribution in [2.24, 2.45) is 11.7 Å². The fourth-order valence-corrected chi connectivity index (χ4v) is 1.07. The van der Waals surface area contributed by atoms with E-state index in [4.69, 9.17) is 28.9 Å². The van der Waals surface area contributed by atoms with Gasteiger partial charge < -0.3 is 11.1 Å². The summed E-state index contributed by atoms with van der Waals surface area (Å²) in [6.07, 6.45) is 0. The van der Waals surface area contributed by atoms with Gasteiger partial charge >= 0.3 is 0 Å². The molecule has 0 spiro atoms. The normalized spacial score (nSPS) is 14.7. The Morgan fingerprint density at radius 1 is 1.62 bits per heavy atom. The van der Waals surface area contributed by atoms with Gasteiger partial charge in [-0.1, -0.05) is 37.0 Å². The first-order chi connectivity index (χ1) is 5.99. The van der Waals surface area contributed by atoms with E-state index < -0.39 is 0 Å². The van der Waals surface area contributed by atoms with E-state index in [0.717, 1.165) is 0 Å². The molecule has 0 saturated heterocycles. The molecule has 76 valence electrons. The lowest BCUT2D eigenvalue weighted by atomic mass is 10.0. The second-order valence-electron chi connectivity index (χ2n) is 3.06. The van der Waals surface area contributed by atoms with Crippen LogP contribution in [0.5, 0.6) is 0 Å². The molecule has 0 aromatic heterocycles. The number of nitrogens with two attached hydrogens (primary N) is 1. The van der Waals surface area contributed by atoms with Gasteiger partial charge in [-0.2, -0.15) is 0 Å². The summed E-state index contributed by atoms with van der Waals surface area (Å²) >= 11 is 11.0. The summed E-state index contributed by atoms with van der Waals surface area (Å²) in [4.78, 5) is 10.9. The first kappa shape index (κ1) is 12.8. The molecule has 1 amide bonds. The summed E-state index contributed by atoms with van der Waals surface area (Å²) in [5, 5.41) is 3.36. The maximum atomic E-state index is 10.9. The van der Waals surface area contributed by atoms with Gasteiger partial charge in [0.15, 0.2) is 0 Å². The average Bonchev–Trinajstić information content (AvgIpc) is 2.03. The topological polar surface area (TPSA) is 55.1 Å². The molecule has 3 nitrogen and oxygen atoms in total. The summed E-state index contributed by atoms with van der Waals surface area (Å²) < 4.78 is 0. The number of hydrogen-bond donors (Lipinski definition) is 2. The number of amides is 1. The third kappa shape index (κ3) is 5.13. The molecule has 0 saturated carbocycles. The molecule has 3 N–H and O–H groups in total. The van der Waals surface area contributed by atoms with Crippen molar-refractivity contribution in [3.63, 3.8) is 0 Å². The van der Waals surface area contributed by atoms with Crippen molar-refractivity contribution in [3.05, 3.63) is 10.6 Å². The molecule has 0 aliphatic rings. The van der Waals surface area contributed by atoms with Gasteiger partial charge in [-0.15, -0.1) is 0 Å². The molecule has 0 aliphatic heterocycles. The van der Waals surface area contributed by atoms with Crippen molar-refractivity contribution in [2.75, 3.05) is 6.54 Å². The van der Waals surface area contributed by atoms with Gasteiger partial charge in [-0.05, 0) is 5.92 Å². The van der Waals surface area contributed by atoms with Crippen LogP contribution in [-0.2, 0) is 4.79 Å². The summed E-state index contributed by atoms with van der Waals surface area (Å²) in [5.41, 5.74) is 6.43. The highest BCUT2D eigenvalue weighted by atomic mass is 35.5. The standard InChI is InChI=1S/C8H14Cl2N2O/c1-5(2)7(8(11)13)12-4-6(10)3-9/h3,5,7,12H,4H2,1-2H3,(H2,11,13). The van der Waals surface area contributed by atoms with Crippen molar-refractivity contribution in [1.29, 1.82) is 0 Å². The van der Waals surface area contributed by atoms with E-state index in [9.17, 15) is 4.79 Å². The van der Waals surface area contributed by atoms with E-state index in [1.54, 1.807) is 0 Å². The van der Waals surface area contributed by atoms with Crippen LogP contribution in [0.25, 0.3) is 0 Å². The number of halogens is 2. The Labute approximate surface area is 88.3 Å². The average molecular weight is 225 g/mol. The van der Waals surface area contributed by atoms with Crippen molar-refractivity contribution in [3.8, 4) is 0 Å². The zero-order valence-electron chi connectivity index (χ0n) is 7.68. The highest BCUT2D eigenvalue weighted by molar-refractivity contribution is 6.36. The largest absolute Gasteiger partial charge is 0.368 e. The predicted molar refractivity (Wildman–Crippen MR) is 55.6 cm³/mol. The van der Waals surface area contributed by atoms with Crippen LogP contribution in [0, 0.1) is 5.92 Å². The fraction of sp³-hybridized carbons (Fsp3) is 0.625. The molecule has 0 fully saturated rings. The summed E-state index contributed by atoms with van der Waals surface area (Å²) in [6.45, 7) is 4.17. The molecule has 0 radical (unpaired) electrons. The van der Waals surface area contributed by atoms with Crippen LogP contribution in [-0.4, -0.2) is 18.5 Å². The minimum absolute atomic E-state index is 0.136. The van der Waals surface area contributed by atoms with Crippen LogP contribution < -0.4 is 11.1 Å². The van der Waals surface area contributed by atoms with Crippen molar-refractivity contribution < 1.29 is 4.79 Å². The summed E-state index contributed by atoms with van der Waals surface area (Å²) in [7, 11) is 0. The Hall–Kier alpha value is -0.250. The lowest BCUT2D eigenvalue weighted by Crippen LogP contribution is -2.45. The number of rotatable bonds is 5. The van der Waals surface area contributed by atoms with Gasteiger partial charge in [-0.3, -0.25) is 4.79 Å². The van der Waals surface area contributed by atoms with Crippen molar-refractivity contribution in [1.82, 2.24) is 5.32 Å². The Bertz CT molecular complexity index is 204. The second kappa shape index (κ2) is 6.24. The fourth-order valence-electron chi connectivity index (χ4n) is 0.911. The molecule has 0 bridgehead atoms. The smallest absolute Gasteiger partial charge is 0.234 e. The van der Waals surface area contributed by atoms with Crippen molar-refractivity contribution in [2.45, 2.75) is 19.9 Å². The van der Waals surface area contributed by atoms with E-state index >= 15 is 0 Å². The summed E-state index contributed by atoms with van der Waals surface area (Å²) in [5.74, 6) is -0.244. The number of carbonyl (C=O) groups excluding carboxylic acids is 1. The third-order valence-corrected chi connectivity index (χ3v) is 2.20. The molecule has 1 unspecified atom stereocenters. The Morgan fingerprint density at radius 3 is 2.46 bits per heavy atom. The Balaban J connectivity index is 4.05. The van der Waals surface area contributed by atoms with Crippen LogP contribution in [0.3, 0.4) is 0 Å². The number of primary amides is 1. The molecule has 5 heteroatoms. The minimum Gasteiger partial charge on any atom is -0.368 e. The van der Waals surface area contributed by atoms with Gasteiger partial charge in [0.1, 0.15) is 0 Å². The van der Waals surface area contributed by atoms with E-state index in [1.807, 2.05) is 13.8 Å². The lowest BCUT2D eigenvalue weighted by Gasteiger charge is -2.18. The highest BCUT2D eigenvalue weighted by Gasteiger charge is 2.18. The lowest BCUT2D eigenvalue weighted by molar-refractivity contribution is -0.120. The number of hydrogen-bond acceptors (Lipinski definition) is 2. The van der Waals surface area contributed by atoms with Crippen LogP contribution in [0.15, 0.2) is 10.6 Å². The van der Waals surface area contributed by atoms with E-state index in [1.165, 1.54) is 5.54 Å². The maximum Gasteiger partial charge on any atom is 0.234 e.